The zero-order chi connectivity index (χ0) is 13.4. The normalized spacial score (nSPS) is 11.6. The fourth-order valence-electron chi connectivity index (χ4n) is 1.44. The van der Waals surface area contributed by atoms with E-state index < -0.39 is 5.97 Å². The molecule has 0 radical (unpaired) electrons. The van der Waals surface area contributed by atoms with Crippen LogP contribution in [0.15, 0.2) is 35.6 Å². The molecule has 1 aromatic rings. The molecule has 0 atom stereocenters. The van der Waals surface area contributed by atoms with E-state index in [4.69, 9.17) is 9.94 Å². The lowest BCUT2D eigenvalue weighted by Gasteiger charge is -2.07. The van der Waals surface area contributed by atoms with Gasteiger partial charge in [-0.3, -0.25) is 0 Å². The van der Waals surface area contributed by atoms with E-state index in [2.05, 4.69) is 10.5 Å². The molecule has 0 unspecified atom stereocenters. The minimum Gasteiger partial charge on any atom is -0.461 e. The van der Waals surface area contributed by atoms with Crippen LogP contribution in [0.2, 0.25) is 0 Å². The summed E-state index contributed by atoms with van der Waals surface area (Å²) < 4.78 is 4.84. The third-order valence-corrected chi connectivity index (χ3v) is 2.21. The molecule has 18 heavy (non-hydrogen) atoms. The van der Waals surface area contributed by atoms with Gasteiger partial charge < -0.3 is 15.3 Å². The van der Waals surface area contributed by atoms with E-state index in [1.807, 2.05) is 12.1 Å². The maximum Gasteiger partial charge on any atom is 0.361 e. The Morgan fingerprint density at radius 1 is 1.50 bits per heavy atom. The Balaban J connectivity index is 3.14. The minimum atomic E-state index is -0.648. The molecule has 1 rings (SSSR count). The summed E-state index contributed by atoms with van der Waals surface area (Å²) in [7, 11) is 1.77. The Kier molecular flexibility index (Phi) is 5.44. The van der Waals surface area contributed by atoms with E-state index in [1.165, 1.54) is 0 Å². The van der Waals surface area contributed by atoms with E-state index in [1.54, 1.807) is 38.4 Å². The second kappa shape index (κ2) is 7.11. The van der Waals surface area contributed by atoms with Crippen LogP contribution in [-0.4, -0.2) is 30.5 Å². The average Bonchev–Trinajstić information content (AvgIpc) is 2.39. The largest absolute Gasteiger partial charge is 0.461 e. The average molecular weight is 248 g/mol. The molecule has 0 spiro atoms. The summed E-state index contributed by atoms with van der Waals surface area (Å²) >= 11 is 0. The molecule has 0 aliphatic rings. The molecule has 2 N–H and O–H groups in total. The van der Waals surface area contributed by atoms with Crippen LogP contribution in [0.5, 0.6) is 0 Å². The van der Waals surface area contributed by atoms with Gasteiger partial charge in [-0.1, -0.05) is 29.4 Å². The fraction of sp³-hybridized carbons (Fsp3) is 0.231. The number of nitrogens with zero attached hydrogens (tertiary/aromatic N) is 1. The molecule has 0 fully saturated rings. The first-order valence-electron chi connectivity index (χ1n) is 5.57. The lowest BCUT2D eigenvalue weighted by molar-refractivity contribution is -0.135. The predicted molar refractivity (Wildman–Crippen MR) is 69.5 cm³/mol. The van der Waals surface area contributed by atoms with Crippen molar-refractivity contribution in [3.8, 4) is 0 Å². The standard InChI is InChI=1S/C13H16N2O3/c1-3-18-13(16)12(15-17)11-7-5-4-6-10(11)8-9-14-2/h4-9,14,17H,3H2,1-2H3/b9-8+,15-12+. The first kappa shape index (κ1) is 13.8. The first-order chi connectivity index (χ1) is 8.74. The molecule has 0 bridgehead atoms. The Hall–Kier alpha value is -2.30. The first-order valence-corrected chi connectivity index (χ1v) is 5.57. The van der Waals surface area contributed by atoms with Gasteiger partial charge in [0.25, 0.3) is 0 Å². The van der Waals surface area contributed by atoms with Gasteiger partial charge >= 0.3 is 5.97 Å². The van der Waals surface area contributed by atoms with Gasteiger partial charge in [-0.2, -0.15) is 0 Å². The summed E-state index contributed by atoms with van der Waals surface area (Å²) in [6.07, 6.45) is 3.50. The van der Waals surface area contributed by atoms with E-state index in [0.717, 1.165) is 5.56 Å². The van der Waals surface area contributed by atoms with Crippen molar-refractivity contribution in [1.82, 2.24) is 5.32 Å². The highest BCUT2D eigenvalue weighted by Crippen LogP contribution is 2.13. The molecule has 0 heterocycles. The van der Waals surface area contributed by atoms with Crippen LogP contribution in [-0.2, 0) is 9.53 Å². The van der Waals surface area contributed by atoms with E-state index in [9.17, 15) is 4.79 Å². The molecule has 0 saturated carbocycles. The minimum absolute atomic E-state index is 0.104. The summed E-state index contributed by atoms with van der Waals surface area (Å²) in [5.41, 5.74) is 1.17. The molecular weight excluding hydrogens is 232 g/mol. The number of hydrogen-bond donors (Lipinski definition) is 2. The molecule has 1 aromatic carbocycles. The fourth-order valence-corrected chi connectivity index (χ4v) is 1.44. The number of oxime groups is 1. The van der Waals surface area contributed by atoms with Crippen LogP contribution >= 0.6 is 0 Å². The molecule has 0 aliphatic carbocycles. The summed E-state index contributed by atoms with van der Waals surface area (Å²) in [5.74, 6) is -0.648. The molecular formula is C13H16N2O3. The van der Waals surface area contributed by atoms with Crippen molar-refractivity contribution in [2.45, 2.75) is 6.92 Å². The van der Waals surface area contributed by atoms with Gasteiger partial charge in [0.05, 0.1) is 6.61 Å². The lowest BCUT2D eigenvalue weighted by atomic mass is 10.0. The molecule has 5 nitrogen and oxygen atoms in total. The van der Waals surface area contributed by atoms with Gasteiger partial charge in [-0.05, 0) is 24.8 Å². The maximum absolute atomic E-state index is 11.6. The van der Waals surface area contributed by atoms with Crippen LogP contribution in [0.3, 0.4) is 0 Å². The molecule has 96 valence electrons. The van der Waals surface area contributed by atoms with Crippen molar-refractivity contribution in [3.05, 3.63) is 41.6 Å². The quantitative estimate of drug-likeness (QED) is 0.359. The Bertz CT molecular complexity index is 467. The number of carbonyl (C=O) groups is 1. The van der Waals surface area contributed by atoms with Gasteiger partial charge in [0.15, 0.2) is 5.71 Å². The van der Waals surface area contributed by atoms with Gasteiger partial charge in [-0.15, -0.1) is 0 Å². The number of rotatable bonds is 5. The summed E-state index contributed by atoms with van der Waals surface area (Å²) in [5, 5.41) is 14.9. The Morgan fingerprint density at radius 2 is 2.22 bits per heavy atom. The molecule has 0 amide bonds. The van der Waals surface area contributed by atoms with Crippen molar-refractivity contribution in [2.75, 3.05) is 13.7 Å². The number of benzene rings is 1. The SMILES string of the molecule is CCOC(=O)/C(=N/O)c1ccccc1/C=C/NC. The van der Waals surface area contributed by atoms with Gasteiger partial charge in [-0.25, -0.2) is 4.79 Å². The zero-order valence-corrected chi connectivity index (χ0v) is 10.4. The second-order valence-electron chi connectivity index (χ2n) is 3.38. The van der Waals surface area contributed by atoms with Crippen molar-refractivity contribution in [3.63, 3.8) is 0 Å². The van der Waals surface area contributed by atoms with E-state index in [-0.39, 0.29) is 12.3 Å². The Labute approximate surface area is 106 Å². The van der Waals surface area contributed by atoms with Crippen LogP contribution in [0.1, 0.15) is 18.1 Å². The zero-order valence-electron chi connectivity index (χ0n) is 10.4. The van der Waals surface area contributed by atoms with Gasteiger partial charge in [0, 0.05) is 12.6 Å². The van der Waals surface area contributed by atoms with Gasteiger partial charge in [0.2, 0.25) is 0 Å². The predicted octanol–water partition coefficient (Wildman–Crippen LogP) is 1.62. The molecule has 0 saturated heterocycles. The Morgan fingerprint density at radius 3 is 2.83 bits per heavy atom. The van der Waals surface area contributed by atoms with Gasteiger partial charge in [0.1, 0.15) is 0 Å². The summed E-state index contributed by atoms with van der Waals surface area (Å²) in [6, 6.07) is 7.10. The van der Waals surface area contributed by atoms with Crippen LogP contribution in [0.25, 0.3) is 6.08 Å². The number of nitrogens with one attached hydrogen (secondary N) is 1. The lowest BCUT2D eigenvalue weighted by Crippen LogP contribution is -2.19. The highest BCUT2D eigenvalue weighted by Gasteiger charge is 2.18. The van der Waals surface area contributed by atoms with Crippen LogP contribution in [0.4, 0.5) is 0 Å². The molecule has 0 aliphatic heterocycles. The van der Waals surface area contributed by atoms with Crippen molar-refractivity contribution in [2.24, 2.45) is 5.16 Å². The second-order valence-corrected chi connectivity index (χ2v) is 3.38. The molecule has 5 heteroatoms. The third kappa shape index (κ3) is 3.35. The summed E-state index contributed by atoms with van der Waals surface area (Å²) in [4.78, 5) is 11.6. The number of ether oxygens (including phenoxy) is 1. The monoisotopic (exact) mass is 248 g/mol. The highest BCUT2D eigenvalue weighted by molar-refractivity contribution is 6.43. The highest BCUT2D eigenvalue weighted by atomic mass is 16.5. The number of hydrogen-bond acceptors (Lipinski definition) is 5. The van der Waals surface area contributed by atoms with Crippen molar-refractivity contribution < 1.29 is 14.7 Å². The number of carbonyl (C=O) groups excluding carboxylic acids is 1. The number of esters is 1. The third-order valence-electron chi connectivity index (χ3n) is 2.21. The smallest absolute Gasteiger partial charge is 0.361 e. The maximum atomic E-state index is 11.6. The van der Waals surface area contributed by atoms with Crippen molar-refractivity contribution in [1.29, 1.82) is 0 Å². The van der Waals surface area contributed by atoms with E-state index in [0.29, 0.717) is 5.56 Å². The molecule has 0 aromatic heterocycles. The van der Waals surface area contributed by atoms with Crippen LogP contribution in [0, 0.1) is 0 Å². The summed E-state index contributed by atoms with van der Waals surface area (Å²) in [6.45, 7) is 1.92. The van der Waals surface area contributed by atoms with E-state index >= 15 is 0 Å². The topological polar surface area (TPSA) is 70.9 Å². The van der Waals surface area contributed by atoms with Crippen molar-refractivity contribution >= 4 is 17.8 Å². The van der Waals surface area contributed by atoms with Crippen LogP contribution < -0.4 is 5.32 Å².